The summed E-state index contributed by atoms with van der Waals surface area (Å²) in [5.41, 5.74) is 0.620. The summed E-state index contributed by atoms with van der Waals surface area (Å²) in [7, 11) is 0. The number of aliphatic hydroxyl groups is 1. The van der Waals surface area contributed by atoms with Crippen LogP contribution in [0.2, 0.25) is 0 Å². The van der Waals surface area contributed by atoms with E-state index in [0.29, 0.717) is 38.0 Å². The number of aliphatic hydroxyl groups excluding tert-OH is 1. The molecule has 2 N–H and O–H groups in total. The van der Waals surface area contributed by atoms with E-state index in [0.717, 1.165) is 0 Å². The largest absolute Gasteiger partial charge is 0.395 e. The first kappa shape index (κ1) is 16.2. The second kappa shape index (κ2) is 9.09. The maximum atomic E-state index is 11.8. The van der Waals surface area contributed by atoms with Crippen LogP contribution in [0.1, 0.15) is 30.1 Å². The van der Waals surface area contributed by atoms with Gasteiger partial charge in [-0.2, -0.15) is 0 Å². The van der Waals surface area contributed by atoms with Crippen LogP contribution in [0.5, 0.6) is 0 Å². The fourth-order valence-electron chi connectivity index (χ4n) is 1.87. The number of likely N-dealkylation sites (N-methyl/N-ethyl adjacent to an activating group) is 1. The molecule has 0 unspecified atom stereocenters. The number of nitrogens with zero attached hydrogens (tertiary/aromatic N) is 1. The van der Waals surface area contributed by atoms with Crippen molar-refractivity contribution < 1.29 is 14.7 Å². The summed E-state index contributed by atoms with van der Waals surface area (Å²) < 4.78 is 0. The van der Waals surface area contributed by atoms with Gasteiger partial charge in [0, 0.05) is 31.6 Å². The average molecular weight is 278 g/mol. The van der Waals surface area contributed by atoms with Gasteiger partial charge in [-0.25, -0.2) is 0 Å². The van der Waals surface area contributed by atoms with Crippen LogP contribution in [0.3, 0.4) is 0 Å². The molecule has 5 nitrogen and oxygen atoms in total. The van der Waals surface area contributed by atoms with Gasteiger partial charge in [0.05, 0.1) is 6.61 Å². The predicted octanol–water partition coefficient (Wildman–Crippen LogP) is 1.04. The summed E-state index contributed by atoms with van der Waals surface area (Å²) in [5.74, 6) is -0.115. The molecule has 0 fully saturated rings. The molecule has 0 aliphatic carbocycles. The molecule has 5 heteroatoms. The summed E-state index contributed by atoms with van der Waals surface area (Å²) in [6.07, 6.45) is 0.974. The first-order valence-corrected chi connectivity index (χ1v) is 6.91. The fourth-order valence-corrected chi connectivity index (χ4v) is 1.87. The molecule has 1 rings (SSSR count). The molecule has 0 bridgehead atoms. The molecular formula is C15H22N2O3. The van der Waals surface area contributed by atoms with Crippen molar-refractivity contribution in [3.05, 3.63) is 35.9 Å². The molecule has 0 radical (unpaired) electrons. The van der Waals surface area contributed by atoms with Crippen molar-refractivity contribution >= 4 is 11.8 Å². The zero-order chi connectivity index (χ0) is 14.8. The van der Waals surface area contributed by atoms with Crippen LogP contribution >= 0.6 is 0 Å². The van der Waals surface area contributed by atoms with E-state index in [1.165, 1.54) is 0 Å². The Morgan fingerprint density at radius 2 is 1.95 bits per heavy atom. The maximum Gasteiger partial charge on any atom is 0.251 e. The Morgan fingerprint density at radius 1 is 1.25 bits per heavy atom. The quantitative estimate of drug-likeness (QED) is 0.698. The Bertz CT molecular complexity index is 420. The monoisotopic (exact) mass is 278 g/mol. The van der Waals surface area contributed by atoms with Crippen molar-refractivity contribution in [1.82, 2.24) is 10.2 Å². The van der Waals surface area contributed by atoms with E-state index >= 15 is 0 Å². The molecule has 1 aromatic carbocycles. The maximum absolute atomic E-state index is 11.8. The molecule has 2 amide bonds. The molecule has 110 valence electrons. The van der Waals surface area contributed by atoms with E-state index in [9.17, 15) is 9.59 Å². The van der Waals surface area contributed by atoms with Crippen LogP contribution in [0.25, 0.3) is 0 Å². The van der Waals surface area contributed by atoms with E-state index < -0.39 is 0 Å². The third-order valence-corrected chi connectivity index (χ3v) is 2.99. The van der Waals surface area contributed by atoms with Crippen LogP contribution in [-0.4, -0.2) is 48.1 Å². The zero-order valence-corrected chi connectivity index (χ0v) is 11.8. The van der Waals surface area contributed by atoms with Crippen LogP contribution in [0.15, 0.2) is 30.3 Å². The Morgan fingerprint density at radius 3 is 2.55 bits per heavy atom. The lowest BCUT2D eigenvalue weighted by atomic mass is 10.2. The third-order valence-electron chi connectivity index (χ3n) is 2.99. The van der Waals surface area contributed by atoms with Gasteiger partial charge >= 0.3 is 0 Å². The standard InChI is InChI=1S/C15H22N2O3/c1-2-17(11-12-18)14(19)9-6-10-16-15(20)13-7-4-3-5-8-13/h3-5,7-8,18H,2,6,9-12H2,1H3,(H,16,20). The molecule has 20 heavy (non-hydrogen) atoms. The molecule has 0 saturated carbocycles. The van der Waals surface area contributed by atoms with Gasteiger partial charge < -0.3 is 15.3 Å². The van der Waals surface area contributed by atoms with Gasteiger partial charge in [-0.3, -0.25) is 9.59 Å². The molecule has 1 aromatic rings. The number of hydrogen-bond donors (Lipinski definition) is 2. The summed E-state index contributed by atoms with van der Waals surface area (Å²) in [6, 6.07) is 8.98. The van der Waals surface area contributed by atoms with E-state index in [1.807, 2.05) is 25.1 Å². The lowest BCUT2D eigenvalue weighted by Crippen LogP contribution is -2.34. The number of hydrogen-bond acceptors (Lipinski definition) is 3. The van der Waals surface area contributed by atoms with Gasteiger partial charge in [-0.05, 0) is 25.5 Å². The van der Waals surface area contributed by atoms with Gasteiger partial charge in [-0.1, -0.05) is 18.2 Å². The number of carbonyl (C=O) groups excluding carboxylic acids is 2. The SMILES string of the molecule is CCN(CCO)C(=O)CCCNC(=O)c1ccccc1. The minimum atomic E-state index is -0.124. The summed E-state index contributed by atoms with van der Waals surface area (Å²) in [5, 5.41) is 11.6. The summed E-state index contributed by atoms with van der Waals surface area (Å²) in [4.78, 5) is 25.1. The van der Waals surface area contributed by atoms with Crippen molar-refractivity contribution in [2.75, 3.05) is 26.2 Å². The average Bonchev–Trinajstić information content (AvgIpc) is 2.49. The Balaban J connectivity index is 2.25. The normalized spacial score (nSPS) is 10.1. The van der Waals surface area contributed by atoms with Crippen molar-refractivity contribution in [1.29, 1.82) is 0 Å². The number of rotatable bonds is 8. The Kier molecular flexibility index (Phi) is 7.35. The highest BCUT2D eigenvalue weighted by Crippen LogP contribution is 2.00. The smallest absolute Gasteiger partial charge is 0.251 e. The topological polar surface area (TPSA) is 69.6 Å². The lowest BCUT2D eigenvalue weighted by molar-refractivity contribution is -0.131. The molecule has 0 saturated heterocycles. The number of carbonyl (C=O) groups is 2. The first-order valence-electron chi connectivity index (χ1n) is 6.91. The van der Waals surface area contributed by atoms with Crippen LogP contribution in [-0.2, 0) is 4.79 Å². The molecule has 0 heterocycles. The molecule has 0 aromatic heterocycles. The van der Waals surface area contributed by atoms with Crippen molar-refractivity contribution in [2.45, 2.75) is 19.8 Å². The van der Waals surface area contributed by atoms with Crippen LogP contribution in [0.4, 0.5) is 0 Å². The van der Waals surface area contributed by atoms with Gasteiger partial charge in [0.25, 0.3) is 5.91 Å². The van der Waals surface area contributed by atoms with Crippen molar-refractivity contribution in [2.24, 2.45) is 0 Å². The minimum absolute atomic E-state index is 0.00973. The lowest BCUT2D eigenvalue weighted by Gasteiger charge is -2.19. The minimum Gasteiger partial charge on any atom is -0.395 e. The van der Waals surface area contributed by atoms with Gasteiger partial charge in [0.2, 0.25) is 5.91 Å². The van der Waals surface area contributed by atoms with E-state index in [4.69, 9.17) is 5.11 Å². The van der Waals surface area contributed by atoms with Gasteiger partial charge in [0.1, 0.15) is 0 Å². The second-order valence-corrected chi connectivity index (χ2v) is 4.42. The highest BCUT2D eigenvalue weighted by Gasteiger charge is 2.10. The van der Waals surface area contributed by atoms with Crippen LogP contribution < -0.4 is 5.32 Å². The number of amides is 2. The fraction of sp³-hybridized carbons (Fsp3) is 0.467. The van der Waals surface area contributed by atoms with E-state index in [1.54, 1.807) is 17.0 Å². The zero-order valence-electron chi connectivity index (χ0n) is 11.8. The van der Waals surface area contributed by atoms with E-state index in [2.05, 4.69) is 5.32 Å². The van der Waals surface area contributed by atoms with Crippen molar-refractivity contribution in [3.8, 4) is 0 Å². The molecule has 0 atom stereocenters. The van der Waals surface area contributed by atoms with Crippen molar-refractivity contribution in [3.63, 3.8) is 0 Å². The third kappa shape index (κ3) is 5.40. The predicted molar refractivity (Wildman–Crippen MR) is 77.3 cm³/mol. The first-order chi connectivity index (χ1) is 9.69. The molecule has 0 spiro atoms. The highest BCUT2D eigenvalue weighted by molar-refractivity contribution is 5.94. The Labute approximate surface area is 119 Å². The van der Waals surface area contributed by atoms with Crippen LogP contribution in [0, 0.1) is 0 Å². The number of benzene rings is 1. The Hall–Kier alpha value is -1.88. The molecule has 0 aliphatic rings. The van der Waals surface area contributed by atoms with E-state index in [-0.39, 0.29) is 18.4 Å². The summed E-state index contributed by atoms with van der Waals surface area (Å²) in [6.45, 7) is 3.28. The second-order valence-electron chi connectivity index (χ2n) is 4.42. The highest BCUT2D eigenvalue weighted by atomic mass is 16.3. The number of nitrogens with one attached hydrogen (secondary N) is 1. The summed E-state index contributed by atoms with van der Waals surface area (Å²) >= 11 is 0. The van der Waals surface area contributed by atoms with Gasteiger partial charge in [0.15, 0.2) is 0 Å². The molecule has 0 aliphatic heterocycles. The van der Waals surface area contributed by atoms with Gasteiger partial charge in [-0.15, -0.1) is 0 Å². The molecular weight excluding hydrogens is 256 g/mol.